The largest absolute Gasteiger partial charge is 0.337 e. The number of para-hydroxylation sites is 2. The lowest BCUT2D eigenvalue weighted by molar-refractivity contribution is 0.624. The van der Waals surface area contributed by atoms with Gasteiger partial charge in [0.05, 0.1) is 21.9 Å². The summed E-state index contributed by atoms with van der Waals surface area (Å²) in [6, 6.07) is 100. The second-order valence-corrected chi connectivity index (χ2v) is 19.5. The van der Waals surface area contributed by atoms with Gasteiger partial charge in [-0.25, -0.2) is 0 Å². The molecule has 0 radical (unpaired) electrons. The van der Waals surface area contributed by atoms with Gasteiger partial charge < -0.3 is 9.47 Å². The first kappa shape index (κ1) is 40.0. The fourth-order valence-electron chi connectivity index (χ4n) is 13.5. The smallest absolute Gasteiger partial charge is 0.0723 e. The molecule has 1 heterocycles. The Kier molecular flexibility index (Phi) is 8.59. The summed E-state index contributed by atoms with van der Waals surface area (Å²) in [4.78, 5) is 2.56. The predicted molar refractivity (Wildman–Crippen MR) is 293 cm³/mol. The van der Waals surface area contributed by atoms with Crippen LogP contribution in [0.15, 0.2) is 267 Å². The van der Waals surface area contributed by atoms with Crippen molar-refractivity contribution in [2.45, 2.75) is 17.4 Å². The predicted octanol–water partition coefficient (Wildman–Crippen LogP) is 16.8. The lowest BCUT2D eigenvalue weighted by Crippen LogP contribution is -2.44. The zero-order valence-electron chi connectivity index (χ0n) is 39.0. The minimum absolute atomic E-state index is 0.551. The van der Waals surface area contributed by atoms with Crippen LogP contribution in [-0.2, 0) is 17.4 Å². The Hall–Kier alpha value is -8.98. The molecule has 0 amide bonds. The highest BCUT2D eigenvalue weighted by molar-refractivity contribution is 6.10. The quantitative estimate of drug-likeness (QED) is 0.161. The van der Waals surface area contributed by atoms with E-state index in [1.165, 1.54) is 105 Å². The minimum Gasteiger partial charge on any atom is -0.337 e. The van der Waals surface area contributed by atoms with E-state index < -0.39 is 10.8 Å². The molecule has 0 atom stereocenters. The Morgan fingerprint density at radius 1 is 0.310 bits per heavy atom. The Morgan fingerprint density at radius 3 is 1.39 bits per heavy atom. The van der Waals surface area contributed by atoms with Crippen LogP contribution in [0.25, 0.3) is 60.9 Å². The zero-order chi connectivity index (χ0) is 46.7. The van der Waals surface area contributed by atoms with E-state index in [9.17, 15) is 0 Å². The van der Waals surface area contributed by atoms with Gasteiger partial charge in [-0.15, -0.1) is 0 Å². The highest BCUT2D eigenvalue weighted by Gasteiger charge is 2.59. The van der Waals surface area contributed by atoms with E-state index in [-0.39, 0.29) is 0 Å². The van der Waals surface area contributed by atoms with Crippen molar-refractivity contribution in [2.75, 3.05) is 4.90 Å². The first-order chi connectivity index (χ1) is 35.2. The third kappa shape index (κ3) is 5.42. The maximum atomic E-state index is 2.56. The topological polar surface area (TPSA) is 8.17 Å². The van der Waals surface area contributed by atoms with Gasteiger partial charge in [0.15, 0.2) is 0 Å². The normalized spacial score (nSPS) is 13.9. The molecule has 1 aromatic heterocycles. The minimum atomic E-state index is -0.594. The Balaban J connectivity index is 0.988. The molecule has 0 saturated carbocycles. The fraction of sp³-hybridized carbons (Fsp3) is 0.0435. The van der Waals surface area contributed by atoms with Crippen LogP contribution in [0.2, 0.25) is 0 Å². The molecule has 0 bridgehead atoms. The summed E-state index contributed by atoms with van der Waals surface area (Å²) in [5.41, 5.74) is 24.4. The van der Waals surface area contributed by atoms with Crippen LogP contribution in [0.1, 0.15) is 50.1 Å². The molecule has 71 heavy (non-hydrogen) atoms. The van der Waals surface area contributed by atoms with Crippen LogP contribution in [-0.4, -0.2) is 4.57 Å². The van der Waals surface area contributed by atoms with Gasteiger partial charge in [0.1, 0.15) is 0 Å². The molecule has 0 fully saturated rings. The molecule has 15 rings (SSSR count). The number of aromatic nitrogens is 1. The van der Waals surface area contributed by atoms with Crippen LogP contribution in [0, 0.1) is 0 Å². The highest BCUT2D eigenvalue weighted by atomic mass is 15.1. The van der Waals surface area contributed by atoms with Gasteiger partial charge in [0.25, 0.3) is 0 Å². The summed E-state index contributed by atoms with van der Waals surface area (Å²) >= 11 is 0. The molecule has 0 saturated heterocycles. The van der Waals surface area contributed by atoms with Crippen molar-refractivity contribution >= 4 is 33.2 Å². The van der Waals surface area contributed by atoms with E-state index in [2.05, 4.69) is 276 Å². The fourth-order valence-corrected chi connectivity index (χ4v) is 13.5. The van der Waals surface area contributed by atoms with E-state index in [1.54, 1.807) is 0 Å². The van der Waals surface area contributed by atoms with Gasteiger partial charge >= 0.3 is 0 Å². The van der Waals surface area contributed by atoms with Gasteiger partial charge in [-0.2, -0.15) is 0 Å². The van der Waals surface area contributed by atoms with E-state index in [4.69, 9.17) is 0 Å². The number of fused-ring (bicyclic) bond motifs is 19. The zero-order valence-corrected chi connectivity index (χ0v) is 39.0. The number of hydrogen-bond donors (Lipinski definition) is 0. The molecule has 0 aliphatic heterocycles. The lowest BCUT2D eigenvalue weighted by atomic mass is 9.51. The molecule has 12 aromatic rings. The van der Waals surface area contributed by atoms with Crippen molar-refractivity contribution in [1.82, 2.24) is 4.57 Å². The van der Waals surface area contributed by atoms with Crippen molar-refractivity contribution in [3.8, 4) is 39.1 Å². The van der Waals surface area contributed by atoms with Crippen LogP contribution < -0.4 is 4.90 Å². The molecule has 0 N–H and O–H groups in total. The second-order valence-electron chi connectivity index (χ2n) is 19.5. The molecule has 2 nitrogen and oxygen atoms in total. The van der Waals surface area contributed by atoms with E-state index >= 15 is 0 Å². The third-order valence-corrected chi connectivity index (χ3v) is 16.2. The highest BCUT2D eigenvalue weighted by Crippen LogP contribution is 2.68. The van der Waals surface area contributed by atoms with Crippen molar-refractivity contribution < 1.29 is 0 Å². The number of nitrogens with zero attached hydrogens (tertiary/aromatic N) is 2. The first-order valence-electron chi connectivity index (χ1n) is 24.9. The van der Waals surface area contributed by atoms with E-state index in [0.29, 0.717) is 6.54 Å². The van der Waals surface area contributed by atoms with Crippen LogP contribution in [0.3, 0.4) is 0 Å². The average Bonchev–Trinajstić information content (AvgIpc) is 4.05. The van der Waals surface area contributed by atoms with Gasteiger partial charge in [-0.1, -0.05) is 218 Å². The summed E-state index contributed by atoms with van der Waals surface area (Å²) in [5.74, 6) is 0. The standard InChI is InChI=1S/C69H46N2/c1-3-20-46(21-4-1)47-38-40-50(41-39-47)71-65-37-18-11-29-56(65)57-44-51(42-43-66(57)71)70(49-23-5-2-6-24-49)45-48-22-19-36-64-67(48)69(60-32-14-9-27-54(60)55-28-10-15-33-61(55)69)63-35-17-16-34-62(63)68(64)58-30-12-7-25-52(58)53-26-8-13-31-59(53)68/h1-44H,45H2. The summed E-state index contributed by atoms with van der Waals surface area (Å²) in [5, 5.41) is 2.46. The van der Waals surface area contributed by atoms with Crippen molar-refractivity contribution in [3.63, 3.8) is 0 Å². The number of rotatable bonds is 6. The first-order valence-corrected chi connectivity index (χ1v) is 24.9. The van der Waals surface area contributed by atoms with Gasteiger partial charge in [-0.3, -0.25) is 0 Å². The summed E-state index contributed by atoms with van der Waals surface area (Å²) in [7, 11) is 0. The SMILES string of the molecule is c1ccc(-c2ccc(-n3c4ccccc4c4cc(N(Cc5cccc6c5C5(c7ccccc7-c7ccccc75)c5ccccc5C65c6ccccc6-c6ccccc65)c5ccccc5)ccc43)cc2)cc1. The van der Waals surface area contributed by atoms with Crippen LogP contribution in [0.4, 0.5) is 11.4 Å². The molecule has 332 valence electrons. The average molecular weight is 903 g/mol. The van der Waals surface area contributed by atoms with E-state index in [1.807, 2.05) is 0 Å². The molecule has 3 aliphatic carbocycles. The maximum Gasteiger partial charge on any atom is 0.0723 e. The number of anilines is 2. The molecular formula is C69H46N2. The Morgan fingerprint density at radius 2 is 0.775 bits per heavy atom. The molecule has 0 unspecified atom stereocenters. The Labute approximate surface area is 414 Å². The van der Waals surface area contributed by atoms with Crippen molar-refractivity contribution in [1.29, 1.82) is 0 Å². The number of benzene rings is 11. The van der Waals surface area contributed by atoms with E-state index in [0.717, 1.165) is 17.1 Å². The number of hydrogen-bond acceptors (Lipinski definition) is 1. The van der Waals surface area contributed by atoms with Gasteiger partial charge in [0.2, 0.25) is 0 Å². The molecule has 3 aliphatic rings. The molecular weight excluding hydrogens is 857 g/mol. The summed E-state index contributed by atoms with van der Waals surface area (Å²) in [6.07, 6.45) is 0. The Bertz CT molecular complexity index is 3990. The van der Waals surface area contributed by atoms with Gasteiger partial charge in [0, 0.05) is 34.4 Å². The third-order valence-electron chi connectivity index (χ3n) is 16.2. The molecule has 2 heteroatoms. The molecule has 11 aromatic carbocycles. The molecule has 2 spiro atoms. The second kappa shape index (κ2) is 15.3. The lowest BCUT2D eigenvalue weighted by Gasteiger charge is -2.50. The summed E-state index contributed by atoms with van der Waals surface area (Å²) in [6.45, 7) is 0.645. The van der Waals surface area contributed by atoms with Crippen LogP contribution >= 0.6 is 0 Å². The summed E-state index contributed by atoms with van der Waals surface area (Å²) < 4.78 is 2.43. The van der Waals surface area contributed by atoms with Gasteiger partial charge in [-0.05, 0) is 132 Å². The van der Waals surface area contributed by atoms with Crippen molar-refractivity contribution in [2.24, 2.45) is 0 Å². The maximum absolute atomic E-state index is 2.56. The van der Waals surface area contributed by atoms with Crippen LogP contribution in [0.5, 0.6) is 0 Å². The van der Waals surface area contributed by atoms with Crippen molar-refractivity contribution in [3.05, 3.63) is 317 Å². The monoisotopic (exact) mass is 902 g/mol.